The van der Waals surface area contributed by atoms with E-state index in [0.717, 1.165) is 0 Å². The molecule has 0 atom stereocenters. The van der Waals surface area contributed by atoms with E-state index in [0.29, 0.717) is 28.3 Å². The Labute approximate surface area is 152 Å². The van der Waals surface area contributed by atoms with E-state index in [9.17, 15) is 8.78 Å². The van der Waals surface area contributed by atoms with Gasteiger partial charge in [0.15, 0.2) is 5.82 Å². The first kappa shape index (κ1) is 18.3. The predicted octanol–water partition coefficient (Wildman–Crippen LogP) is 4.31. The van der Waals surface area contributed by atoms with Crippen molar-refractivity contribution in [1.29, 1.82) is 0 Å². The van der Waals surface area contributed by atoms with E-state index in [1.807, 2.05) is 20.8 Å². The van der Waals surface area contributed by atoms with Crippen molar-refractivity contribution in [2.45, 2.75) is 43.8 Å². The molecule has 138 valence electrons. The van der Waals surface area contributed by atoms with Gasteiger partial charge in [-0.2, -0.15) is 13.8 Å². The van der Waals surface area contributed by atoms with Crippen molar-refractivity contribution in [3.05, 3.63) is 36.0 Å². The second-order valence-corrected chi connectivity index (χ2v) is 7.25. The molecule has 1 aromatic carbocycles. The average Bonchev–Trinajstić information content (AvgIpc) is 3.22. The Bertz CT molecular complexity index is 859. The summed E-state index contributed by atoms with van der Waals surface area (Å²) in [6, 6.07) is 5.94. The molecule has 0 amide bonds. The number of hydrogen-bond acceptors (Lipinski definition) is 8. The van der Waals surface area contributed by atoms with Gasteiger partial charge < -0.3 is 13.7 Å². The monoisotopic (exact) mass is 382 g/mol. The summed E-state index contributed by atoms with van der Waals surface area (Å²) in [5.74, 6) is 1.82. The summed E-state index contributed by atoms with van der Waals surface area (Å²) in [6.45, 7) is 3.13. The lowest BCUT2D eigenvalue weighted by Crippen LogP contribution is -2.13. The summed E-state index contributed by atoms with van der Waals surface area (Å²) in [5.41, 5.74) is 0.406. The molecule has 7 nitrogen and oxygen atoms in total. The normalized spacial score (nSPS) is 11.9. The third kappa shape index (κ3) is 4.57. The Morgan fingerprint density at radius 1 is 1.15 bits per heavy atom. The first-order valence-electron chi connectivity index (χ1n) is 7.66. The zero-order valence-electron chi connectivity index (χ0n) is 14.3. The van der Waals surface area contributed by atoms with Crippen LogP contribution in [0.1, 0.15) is 32.5 Å². The molecule has 0 spiro atoms. The van der Waals surface area contributed by atoms with Crippen LogP contribution in [0, 0.1) is 0 Å². The largest absolute Gasteiger partial charge is 0.435 e. The van der Waals surface area contributed by atoms with Crippen LogP contribution in [-0.2, 0) is 11.2 Å². The molecule has 3 aromatic rings. The van der Waals surface area contributed by atoms with Gasteiger partial charge in [-0.15, -0.1) is 10.2 Å². The minimum atomic E-state index is -2.87. The highest BCUT2D eigenvalue weighted by molar-refractivity contribution is 7.98. The highest BCUT2D eigenvalue weighted by atomic mass is 32.2. The van der Waals surface area contributed by atoms with Crippen LogP contribution < -0.4 is 4.74 Å². The van der Waals surface area contributed by atoms with Crippen molar-refractivity contribution in [3.63, 3.8) is 0 Å². The first-order chi connectivity index (χ1) is 12.3. The fraction of sp³-hybridized carbons (Fsp3) is 0.375. The quantitative estimate of drug-likeness (QED) is 0.583. The SMILES string of the molecule is CC(C)(C)c1noc(CSc2nnc(-c3ccc(OC(F)F)cc3)o2)n1. The second-order valence-electron chi connectivity index (χ2n) is 6.33. The summed E-state index contributed by atoms with van der Waals surface area (Å²) in [6.07, 6.45) is 0. The maximum Gasteiger partial charge on any atom is 0.387 e. The summed E-state index contributed by atoms with van der Waals surface area (Å²) in [7, 11) is 0. The lowest BCUT2D eigenvalue weighted by Gasteiger charge is -2.10. The molecule has 0 aliphatic carbocycles. The minimum absolute atomic E-state index is 0.0592. The van der Waals surface area contributed by atoms with Crippen molar-refractivity contribution >= 4 is 11.8 Å². The summed E-state index contributed by atoms with van der Waals surface area (Å²) < 4.78 is 39.4. The first-order valence-corrected chi connectivity index (χ1v) is 8.64. The van der Waals surface area contributed by atoms with E-state index in [1.165, 1.54) is 23.9 Å². The van der Waals surface area contributed by atoms with Crippen LogP contribution in [0.3, 0.4) is 0 Å². The van der Waals surface area contributed by atoms with Gasteiger partial charge in [-0.05, 0) is 24.3 Å². The van der Waals surface area contributed by atoms with Crippen molar-refractivity contribution in [2.24, 2.45) is 0 Å². The van der Waals surface area contributed by atoms with Crippen LogP contribution in [0.2, 0.25) is 0 Å². The molecule has 0 saturated heterocycles. The molecule has 26 heavy (non-hydrogen) atoms. The zero-order valence-corrected chi connectivity index (χ0v) is 15.1. The Hall–Kier alpha value is -2.49. The minimum Gasteiger partial charge on any atom is -0.435 e. The molecule has 0 bridgehead atoms. The van der Waals surface area contributed by atoms with E-state index in [-0.39, 0.29) is 17.1 Å². The van der Waals surface area contributed by atoms with Gasteiger partial charge in [0.05, 0.1) is 5.75 Å². The third-order valence-corrected chi connectivity index (χ3v) is 3.99. The molecular weight excluding hydrogens is 366 g/mol. The van der Waals surface area contributed by atoms with E-state index >= 15 is 0 Å². The lowest BCUT2D eigenvalue weighted by atomic mass is 9.96. The number of alkyl halides is 2. The van der Waals surface area contributed by atoms with Gasteiger partial charge >= 0.3 is 6.61 Å². The van der Waals surface area contributed by atoms with Gasteiger partial charge in [-0.25, -0.2) is 0 Å². The smallest absolute Gasteiger partial charge is 0.387 e. The second kappa shape index (κ2) is 7.40. The number of benzene rings is 1. The van der Waals surface area contributed by atoms with Crippen LogP contribution in [0.25, 0.3) is 11.5 Å². The number of thioether (sulfide) groups is 1. The molecule has 0 aliphatic rings. The molecule has 0 saturated carbocycles. The molecule has 0 fully saturated rings. The molecule has 2 aromatic heterocycles. The standard InChI is InChI=1S/C16H16F2N4O3S/c1-16(2,3)13-19-11(25-22-13)8-26-15-21-20-12(24-15)9-4-6-10(7-5-9)23-14(17)18/h4-7,14H,8H2,1-3H3. The maximum atomic E-state index is 12.2. The van der Waals surface area contributed by atoms with Gasteiger partial charge in [-0.3, -0.25) is 0 Å². The summed E-state index contributed by atoms with van der Waals surface area (Å²) in [5, 5.41) is 12.2. The number of nitrogens with zero attached hydrogens (tertiary/aromatic N) is 4. The van der Waals surface area contributed by atoms with Crippen molar-refractivity contribution in [3.8, 4) is 17.2 Å². The van der Waals surface area contributed by atoms with E-state index in [2.05, 4.69) is 25.1 Å². The van der Waals surface area contributed by atoms with Gasteiger partial charge in [0.1, 0.15) is 5.75 Å². The van der Waals surface area contributed by atoms with E-state index in [1.54, 1.807) is 12.1 Å². The predicted molar refractivity (Wildman–Crippen MR) is 88.9 cm³/mol. The fourth-order valence-corrected chi connectivity index (χ4v) is 2.51. The van der Waals surface area contributed by atoms with Gasteiger partial charge in [-0.1, -0.05) is 37.7 Å². The van der Waals surface area contributed by atoms with Gasteiger partial charge in [0.25, 0.3) is 5.22 Å². The number of hydrogen-bond donors (Lipinski definition) is 0. The summed E-state index contributed by atoms with van der Waals surface area (Å²) in [4.78, 5) is 4.33. The van der Waals surface area contributed by atoms with Crippen molar-refractivity contribution in [1.82, 2.24) is 20.3 Å². The number of ether oxygens (including phenoxy) is 1. The molecule has 0 N–H and O–H groups in total. The van der Waals surface area contributed by atoms with E-state index in [4.69, 9.17) is 8.94 Å². The van der Waals surface area contributed by atoms with Crippen LogP contribution in [0.5, 0.6) is 5.75 Å². The van der Waals surface area contributed by atoms with Crippen LogP contribution in [0.4, 0.5) is 8.78 Å². The third-order valence-electron chi connectivity index (χ3n) is 3.19. The summed E-state index contributed by atoms with van der Waals surface area (Å²) >= 11 is 1.26. The molecule has 3 rings (SSSR count). The maximum absolute atomic E-state index is 12.2. The molecule has 2 heterocycles. The number of halogens is 2. The Kier molecular flexibility index (Phi) is 5.21. The van der Waals surface area contributed by atoms with Crippen LogP contribution in [-0.4, -0.2) is 26.9 Å². The van der Waals surface area contributed by atoms with Crippen LogP contribution in [0.15, 0.2) is 38.4 Å². The number of rotatable bonds is 6. The topological polar surface area (TPSA) is 87.1 Å². The van der Waals surface area contributed by atoms with Crippen molar-refractivity contribution < 1.29 is 22.5 Å². The average molecular weight is 382 g/mol. The molecule has 0 aliphatic heterocycles. The molecular formula is C16H16F2N4O3S. The fourth-order valence-electron chi connectivity index (χ4n) is 1.91. The van der Waals surface area contributed by atoms with E-state index < -0.39 is 6.61 Å². The molecule has 0 unspecified atom stereocenters. The highest BCUT2D eigenvalue weighted by Crippen LogP contribution is 2.27. The van der Waals surface area contributed by atoms with Crippen LogP contribution >= 0.6 is 11.8 Å². The Morgan fingerprint density at radius 3 is 2.50 bits per heavy atom. The Morgan fingerprint density at radius 2 is 1.88 bits per heavy atom. The van der Waals surface area contributed by atoms with Crippen molar-refractivity contribution in [2.75, 3.05) is 0 Å². The Balaban J connectivity index is 1.62. The zero-order chi connectivity index (χ0) is 18.7. The highest BCUT2D eigenvalue weighted by Gasteiger charge is 2.21. The number of aromatic nitrogens is 4. The lowest BCUT2D eigenvalue weighted by molar-refractivity contribution is -0.0498. The molecule has 0 radical (unpaired) electrons. The molecule has 10 heteroatoms. The van der Waals surface area contributed by atoms with Gasteiger partial charge in [0, 0.05) is 11.0 Å². The van der Waals surface area contributed by atoms with Gasteiger partial charge in [0.2, 0.25) is 11.8 Å².